The smallest absolute Gasteiger partial charge is 0.229 e. The summed E-state index contributed by atoms with van der Waals surface area (Å²) in [5, 5.41) is 16.0. The van der Waals surface area contributed by atoms with Crippen molar-refractivity contribution in [2.75, 3.05) is 36.7 Å². The minimum atomic E-state index is -2.36. The number of fused-ring (bicyclic) bond motifs is 1. The average Bonchev–Trinajstić information content (AvgIpc) is 2.88. The van der Waals surface area contributed by atoms with Gasteiger partial charge in [0.1, 0.15) is 17.5 Å². The standard InChI is InChI=1S/C27H27N9OS/c1-36-12-9-22-19(17-36)13-21(14-23(22)18-7-10-29-11-8-18)31-27-30-16-20(15-28)26(34-27)33-24-5-4-6-25(32-24)35-38(2,3)37/h4-8,10-11,13-14,16H,9,12,17H2,1-3H3,(H2,30,31,32,33,34). The number of nitrogens with one attached hydrogen (secondary N) is 2. The fraction of sp³-hybridized carbons (Fsp3) is 0.222. The van der Waals surface area contributed by atoms with E-state index in [0.717, 1.165) is 36.3 Å². The van der Waals surface area contributed by atoms with Crippen LogP contribution in [0.1, 0.15) is 16.7 Å². The molecule has 0 fully saturated rings. The largest absolute Gasteiger partial charge is 0.324 e. The Morgan fingerprint density at radius 2 is 1.92 bits per heavy atom. The molecule has 11 heteroatoms. The van der Waals surface area contributed by atoms with Crippen molar-refractivity contribution in [2.45, 2.75) is 13.0 Å². The molecule has 2 N–H and O–H groups in total. The summed E-state index contributed by atoms with van der Waals surface area (Å²) in [6.07, 6.45) is 9.12. The molecule has 0 aliphatic carbocycles. The molecule has 0 saturated carbocycles. The van der Waals surface area contributed by atoms with Crippen LogP contribution in [-0.2, 0) is 22.7 Å². The fourth-order valence-corrected chi connectivity index (χ4v) is 4.89. The number of nitriles is 1. The van der Waals surface area contributed by atoms with Gasteiger partial charge in [-0.15, -0.1) is 0 Å². The van der Waals surface area contributed by atoms with Crippen LogP contribution in [0.5, 0.6) is 0 Å². The molecule has 3 aromatic heterocycles. The summed E-state index contributed by atoms with van der Waals surface area (Å²) in [6, 6.07) is 15.5. The van der Waals surface area contributed by atoms with Crippen molar-refractivity contribution in [3.05, 3.63) is 77.7 Å². The van der Waals surface area contributed by atoms with Gasteiger partial charge in [-0.3, -0.25) is 4.98 Å². The first-order valence-corrected chi connectivity index (χ1v) is 14.3. The molecule has 1 aromatic carbocycles. The number of anilines is 4. The molecule has 1 aliphatic heterocycles. The quantitative estimate of drug-likeness (QED) is 0.369. The van der Waals surface area contributed by atoms with Crippen molar-refractivity contribution in [1.82, 2.24) is 24.8 Å². The molecule has 0 amide bonds. The molecule has 4 heterocycles. The predicted molar refractivity (Wildman–Crippen MR) is 149 cm³/mol. The summed E-state index contributed by atoms with van der Waals surface area (Å²) in [7, 11) is -0.247. The van der Waals surface area contributed by atoms with Gasteiger partial charge in [0, 0.05) is 53.4 Å². The summed E-state index contributed by atoms with van der Waals surface area (Å²) in [6.45, 7) is 1.85. The zero-order chi connectivity index (χ0) is 26.7. The van der Waals surface area contributed by atoms with Gasteiger partial charge < -0.3 is 15.5 Å². The number of likely N-dealkylation sites (N-methyl/N-ethyl adjacent to an activating group) is 1. The Labute approximate surface area is 222 Å². The molecule has 4 aromatic rings. The zero-order valence-corrected chi connectivity index (χ0v) is 22.2. The Morgan fingerprint density at radius 3 is 2.68 bits per heavy atom. The number of nitrogens with zero attached hydrogens (tertiary/aromatic N) is 7. The van der Waals surface area contributed by atoms with Crippen LogP contribution in [0.25, 0.3) is 11.1 Å². The van der Waals surface area contributed by atoms with E-state index in [1.807, 2.05) is 12.1 Å². The molecule has 0 unspecified atom stereocenters. The fourth-order valence-electron chi connectivity index (χ4n) is 4.34. The maximum absolute atomic E-state index is 12.1. The van der Waals surface area contributed by atoms with Crippen molar-refractivity contribution in [3.8, 4) is 17.2 Å². The Bertz CT molecular complexity index is 1650. The Morgan fingerprint density at radius 1 is 1.11 bits per heavy atom. The van der Waals surface area contributed by atoms with Crippen LogP contribution in [-0.4, -0.2) is 55.1 Å². The number of pyridine rings is 2. The van der Waals surface area contributed by atoms with E-state index in [9.17, 15) is 9.47 Å². The van der Waals surface area contributed by atoms with Gasteiger partial charge in [-0.1, -0.05) is 6.07 Å². The van der Waals surface area contributed by atoms with Crippen molar-refractivity contribution < 1.29 is 4.21 Å². The molecule has 0 bridgehead atoms. The van der Waals surface area contributed by atoms with Crippen LogP contribution in [0.2, 0.25) is 0 Å². The van der Waals surface area contributed by atoms with Gasteiger partial charge in [-0.05, 0) is 72.1 Å². The highest BCUT2D eigenvalue weighted by atomic mass is 32.2. The number of aromatic nitrogens is 4. The van der Waals surface area contributed by atoms with Crippen LogP contribution in [0.4, 0.5) is 29.1 Å². The van der Waals surface area contributed by atoms with E-state index >= 15 is 0 Å². The molecular formula is C27H27N9OS. The van der Waals surface area contributed by atoms with Gasteiger partial charge in [0.2, 0.25) is 5.95 Å². The van der Waals surface area contributed by atoms with Gasteiger partial charge in [-0.25, -0.2) is 14.2 Å². The predicted octanol–water partition coefficient (Wildman–Crippen LogP) is 4.64. The number of benzene rings is 1. The lowest BCUT2D eigenvalue weighted by Crippen LogP contribution is -2.27. The van der Waals surface area contributed by atoms with E-state index < -0.39 is 9.73 Å². The third kappa shape index (κ3) is 5.94. The average molecular weight is 526 g/mol. The third-order valence-corrected chi connectivity index (χ3v) is 6.60. The lowest BCUT2D eigenvalue weighted by atomic mass is 9.90. The van der Waals surface area contributed by atoms with Gasteiger partial charge in [-0.2, -0.15) is 14.6 Å². The van der Waals surface area contributed by atoms with Crippen molar-refractivity contribution in [2.24, 2.45) is 4.36 Å². The third-order valence-electron chi connectivity index (χ3n) is 5.98. The Kier molecular flexibility index (Phi) is 7.00. The monoisotopic (exact) mass is 525 g/mol. The van der Waals surface area contributed by atoms with E-state index in [1.165, 1.54) is 17.3 Å². The highest BCUT2D eigenvalue weighted by Gasteiger charge is 2.19. The van der Waals surface area contributed by atoms with Gasteiger partial charge in [0.05, 0.1) is 6.20 Å². The lowest BCUT2D eigenvalue weighted by molar-refractivity contribution is 0.313. The zero-order valence-electron chi connectivity index (χ0n) is 21.3. The molecule has 0 atom stereocenters. The van der Waals surface area contributed by atoms with Crippen molar-refractivity contribution >= 4 is 38.8 Å². The second kappa shape index (κ2) is 10.5. The summed E-state index contributed by atoms with van der Waals surface area (Å²) < 4.78 is 16.2. The SMILES string of the molecule is CN1CCc2c(cc(Nc3ncc(C#N)c(Nc4cccc(N=S(C)(C)=O)n4)n3)cc2-c2ccncc2)C1. The van der Waals surface area contributed by atoms with Gasteiger partial charge in [0.15, 0.2) is 11.6 Å². The lowest BCUT2D eigenvalue weighted by Gasteiger charge is -2.28. The second-order valence-corrected chi connectivity index (χ2v) is 11.9. The van der Waals surface area contributed by atoms with E-state index in [0.29, 0.717) is 23.4 Å². The highest BCUT2D eigenvalue weighted by molar-refractivity contribution is 7.92. The Balaban J connectivity index is 1.48. The first-order chi connectivity index (χ1) is 18.3. The summed E-state index contributed by atoms with van der Waals surface area (Å²) in [4.78, 5) is 19.8. The molecule has 0 saturated heterocycles. The first-order valence-electron chi connectivity index (χ1n) is 12.0. The number of rotatable bonds is 6. The number of hydrogen-bond donors (Lipinski definition) is 2. The van der Waals surface area contributed by atoms with Crippen LogP contribution >= 0.6 is 0 Å². The molecule has 38 heavy (non-hydrogen) atoms. The maximum atomic E-state index is 12.1. The molecule has 1 aliphatic rings. The molecule has 0 spiro atoms. The van der Waals surface area contributed by atoms with Crippen LogP contribution in [0.3, 0.4) is 0 Å². The maximum Gasteiger partial charge on any atom is 0.229 e. The minimum Gasteiger partial charge on any atom is -0.324 e. The van der Waals surface area contributed by atoms with Gasteiger partial charge in [0.25, 0.3) is 0 Å². The summed E-state index contributed by atoms with van der Waals surface area (Å²) in [5.41, 5.74) is 5.95. The van der Waals surface area contributed by atoms with Crippen molar-refractivity contribution in [1.29, 1.82) is 5.26 Å². The molecule has 5 rings (SSSR count). The normalized spacial score (nSPS) is 13.3. The van der Waals surface area contributed by atoms with Gasteiger partial charge >= 0.3 is 0 Å². The second-order valence-electron chi connectivity index (χ2n) is 9.36. The van der Waals surface area contributed by atoms with Crippen LogP contribution < -0.4 is 10.6 Å². The molecule has 192 valence electrons. The molecule has 0 radical (unpaired) electrons. The van der Waals surface area contributed by atoms with E-state index in [-0.39, 0.29) is 5.56 Å². The summed E-state index contributed by atoms with van der Waals surface area (Å²) in [5.74, 6) is 1.39. The molecule has 10 nitrogen and oxygen atoms in total. The first kappa shape index (κ1) is 25.3. The summed E-state index contributed by atoms with van der Waals surface area (Å²) >= 11 is 0. The van der Waals surface area contributed by atoms with Crippen LogP contribution in [0, 0.1) is 11.3 Å². The van der Waals surface area contributed by atoms with E-state index in [4.69, 9.17) is 0 Å². The minimum absolute atomic E-state index is 0.263. The Hall–Kier alpha value is -4.40. The van der Waals surface area contributed by atoms with E-state index in [2.05, 4.69) is 65.1 Å². The van der Waals surface area contributed by atoms with Crippen molar-refractivity contribution in [3.63, 3.8) is 0 Å². The number of hydrogen-bond acceptors (Lipinski definition) is 10. The topological polar surface area (TPSA) is 132 Å². The highest BCUT2D eigenvalue weighted by Crippen LogP contribution is 2.34. The van der Waals surface area contributed by atoms with Crippen LogP contribution in [0.15, 0.2) is 65.4 Å². The van der Waals surface area contributed by atoms with E-state index in [1.54, 1.807) is 43.1 Å². The molecular weight excluding hydrogens is 498 g/mol.